The van der Waals surface area contributed by atoms with Crippen LogP contribution in [0, 0.1) is 5.92 Å². The molecule has 1 aliphatic carbocycles. The molecule has 0 bridgehead atoms. The van der Waals surface area contributed by atoms with Crippen LogP contribution >= 0.6 is 0 Å². The van der Waals surface area contributed by atoms with E-state index >= 15 is 0 Å². The van der Waals surface area contributed by atoms with Gasteiger partial charge >= 0.3 is 6.18 Å². The van der Waals surface area contributed by atoms with Crippen LogP contribution < -0.4 is 0 Å². The zero-order valence-electron chi connectivity index (χ0n) is 14.5. The molecule has 1 heterocycles. The standard InChI is InChI=1S/C20H19F4NO/c1-12(13(2)20(22,23)24)15-5-3-14(4-6-15)9-25-10-16-7-8-18(26)19(21)17(16)11-25/h3-8,10,12-13H,9,11H2,1-2H3. The molecule has 1 aromatic carbocycles. The summed E-state index contributed by atoms with van der Waals surface area (Å²) in [5.41, 5.74) is 2.62. The fraction of sp³-hybridized carbons (Fsp3) is 0.350. The van der Waals surface area contributed by atoms with Gasteiger partial charge in [0.2, 0.25) is 5.78 Å². The molecule has 0 radical (unpaired) electrons. The first-order valence-electron chi connectivity index (χ1n) is 8.39. The second-order valence-electron chi connectivity index (χ2n) is 6.84. The summed E-state index contributed by atoms with van der Waals surface area (Å²) in [6, 6.07) is 7.01. The smallest absolute Gasteiger partial charge is 0.368 e. The average molecular weight is 365 g/mol. The third kappa shape index (κ3) is 3.59. The number of alkyl halides is 3. The Kier molecular flexibility index (Phi) is 4.78. The lowest BCUT2D eigenvalue weighted by atomic mass is 9.88. The molecule has 0 saturated carbocycles. The predicted octanol–water partition coefficient (Wildman–Crippen LogP) is 5.05. The van der Waals surface area contributed by atoms with E-state index in [1.54, 1.807) is 43.5 Å². The molecule has 6 heteroatoms. The largest absolute Gasteiger partial charge is 0.392 e. The van der Waals surface area contributed by atoms with E-state index in [1.807, 2.05) is 4.90 Å². The van der Waals surface area contributed by atoms with Gasteiger partial charge in [0, 0.05) is 24.9 Å². The Labute approximate surface area is 149 Å². The van der Waals surface area contributed by atoms with Crippen LogP contribution in [-0.4, -0.2) is 23.4 Å². The van der Waals surface area contributed by atoms with Crippen LogP contribution in [0.5, 0.6) is 0 Å². The highest BCUT2D eigenvalue weighted by molar-refractivity contribution is 6.05. The van der Waals surface area contributed by atoms with Crippen LogP contribution in [0.25, 0.3) is 0 Å². The Morgan fingerprint density at radius 2 is 1.77 bits per heavy atom. The van der Waals surface area contributed by atoms with Crippen molar-refractivity contribution >= 4 is 5.78 Å². The molecule has 3 rings (SSSR count). The van der Waals surface area contributed by atoms with Crippen LogP contribution in [-0.2, 0) is 11.3 Å². The quantitative estimate of drug-likeness (QED) is 0.696. The summed E-state index contributed by atoms with van der Waals surface area (Å²) in [5.74, 6) is -3.38. The third-order valence-corrected chi connectivity index (χ3v) is 5.08. The summed E-state index contributed by atoms with van der Waals surface area (Å²) in [6.45, 7) is 3.56. The van der Waals surface area contributed by atoms with E-state index in [9.17, 15) is 22.4 Å². The minimum Gasteiger partial charge on any atom is -0.368 e. The van der Waals surface area contributed by atoms with Gasteiger partial charge in [0.15, 0.2) is 5.83 Å². The van der Waals surface area contributed by atoms with Gasteiger partial charge in [-0.15, -0.1) is 0 Å². The number of allylic oxidation sites excluding steroid dienone is 3. The first-order chi connectivity index (χ1) is 12.2. The summed E-state index contributed by atoms with van der Waals surface area (Å²) in [4.78, 5) is 13.3. The van der Waals surface area contributed by atoms with E-state index in [0.29, 0.717) is 29.8 Å². The molecule has 2 nitrogen and oxygen atoms in total. The monoisotopic (exact) mass is 365 g/mol. The Morgan fingerprint density at radius 1 is 1.12 bits per heavy atom. The summed E-state index contributed by atoms with van der Waals surface area (Å²) in [5, 5.41) is 0. The molecule has 0 N–H and O–H groups in total. The number of benzene rings is 1. The van der Waals surface area contributed by atoms with E-state index in [2.05, 4.69) is 0 Å². The van der Waals surface area contributed by atoms with Crippen LogP contribution in [0.15, 0.2) is 59.6 Å². The second-order valence-corrected chi connectivity index (χ2v) is 6.84. The van der Waals surface area contributed by atoms with Crippen LogP contribution in [0.1, 0.15) is 30.9 Å². The molecule has 138 valence electrons. The zero-order valence-corrected chi connectivity index (χ0v) is 14.5. The highest BCUT2D eigenvalue weighted by atomic mass is 19.4. The predicted molar refractivity (Wildman–Crippen MR) is 90.9 cm³/mol. The van der Waals surface area contributed by atoms with E-state index < -0.39 is 29.6 Å². The molecule has 0 fully saturated rings. The van der Waals surface area contributed by atoms with Crippen molar-refractivity contribution in [2.75, 3.05) is 6.54 Å². The molecule has 0 amide bonds. The molecule has 1 aliphatic heterocycles. The van der Waals surface area contributed by atoms with Gasteiger partial charge in [-0.05, 0) is 34.8 Å². The number of rotatable bonds is 4. The van der Waals surface area contributed by atoms with Crippen molar-refractivity contribution in [1.29, 1.82) is 0 Å². The maximum atomic E-state index is 13.9. The van der Waals surface area contributed by atoms with Crippen molar-refractivity contribution in [2.45, 2.75) is 32.5 Å². The first-order valence-corrected chi connectivity index (χ1v) is 8.39. The summed E-state index contributed by atoms with van der Waals surface area (Å²) in [6.07, 6.45) is 0.384. The Balaban J connectivity index is 1.69. The number of halogens is 4. The van der Waals surface area contributed by atoms with Crippen LogP contribution in [0.4, 0.5) is 17.6 Å². The van der Waals surface area contributed by atoms with Crippen LogP contribution in [0.2, 0.25) is 0 Å². The number of hydrogen-bond donors (Lipinski definition) is 0. The third-order valence-electron chi connectivity index (χ3n) is 5.08. The number of carbonyl (C=O) groups is 1. The van der Waals surface area contributed by atoms with Gasteiger partial charge in [-0.1, -0.05) is 38.1 Å². The maximum absolute atomic E-state index is 13.9. The Morgan fingerprint density at radius 3 is 2.38 bits per heavy atom. The molecule has 0 aromatic heterocycles. The fourth-order valence-corrected chi connectivity index (χ4v) is 3.18. The van der Waals surface area contributed by atoms with Gasteiger partial charge in [0.25, 0.3) is 0 Å². The SMILES string of the molecule is CC(c1ccc(CN2C=C3C=CC(=O)C(F)=C3C2)cc1)C(C)C(F)(F)F. The number of ketones is 1. The van der Waals surface area contributed by atoms with Crippen molar-refractivity contribution in [2.24, 2.45) is 5.92 Å². The number of carbonyl (C=O) groups excluding carboxylic acids is 1. The number of fused-ring (bicyclic) bond motifs is 1. The molecular weight excluding hydrogens is 346 g/mol. The first kappa shape index (κ1) is 18.4. The Hall–Kier alpha value is -2.37. The summed E-state index contributed by atoms with van der Waals surface area (Å²) >= 11 is 0. The van der Waals surface area contributed by atoms with Crippen molar-refractivity contribution in [1.82, 2.24) is 4.90 Å². The molecular formula is C20H19F4NO. The average Bonchev–Trinajstić information content (AvgIpc) is 3.00. The fourth-order valence-electron chi connectivity index (χ4n) is 3.18. The molecule has 2 unspecified atom stereocenters. The van der Waals surface area contributed by atoms with E-state index in [1.165, 1.54) is 13.0 Å². The normalized spacial score (nSPS) is 19.5. The summed E-state index contributed by atoms with van der Waals surface area (Å²) < 4.78 is 52.5. The maximum Gasteiger partial charge on any atom is 0.392 e. The lowest BCUT2D eigenvalue weighted by molar-refractivity contribution is -0.174. The van der Waals surface area contributed by atoms with Gasteiger partial charge < -0.3 is 4.90 Å². The highest BCUT2D eigenvalue weighted by Crippen LogP contribution is 2.37. The van der Waals surface area contributed by atoms with Crippen molar-refractivity contribution in [3.8, 4) is 0 Å². The molecule has 0 spiro atoms. The van der Waals surface area contributed by atoms with Gasteiger partial charge in [-0.25, -0.2) is 4.39 Å². The van der Waals surface area contributed by atoms with E-state index in [-0.39, 0.29) is 0 Å². The number of hydrogen-bond acceptors (Lipinski definition) is 2. The minimum absolute atomic E-state index is 0.306. The Bertz CT molecular complexity index is 802. The second kappa shape index (κ2) is 6.74. The van der Waals surface area contributed by atoms with Gasteiger partial charge in [-0.2, -0.15) is 13.2 Å². The highest BCUT2D eigenvalue weighted by Gasteiger charge is 2.39. The van der Waals surface area contributed by atoms with Crippen molar-refractivity contribution in [3.05, 3.63) is 70.7 Å². The lowest BCUT2D eigenvalue weighted by Crippen LogP contribution is -2.24. The zero-order chi connectivity index (χ0) is 19.1. The van der Waals surface area contributed by atoms with E-state index in [0.717, 1.165) is 5.56 Å². The molecule has 0 saturated heterocycles. The molecule has 2 aliphatic rings. The van der Waals surface area contributed by atoms with Crippen molar-refractivity contribution in [3.63, 3.8) is 0 Å². The lowest BCUT2D eigenvalue weighted by Gasteiger charge is -2.23. The summed E-state index contributed by atoms with van der Waals surface area (Å²) in [7, 11) is 0. The molecule has 26 heavy (non-hydrogen) atoms. The molecule has 1 aromatic rings. The van der Waals surface area contributed by atoms with Gasteiger partial charge in [0.05, 0.1) is 5.92 Å². The van der Waals surface area contributed by atoms with Crippen molar-refractivity contribution < 1.29 is 22.4 Å². The number of nitrogens with zero attached hydrogens (tertiary/aromatic N) is 1. The van der Waals surface area contributed by atoms with Crippen LogP contribution in [0.3, 0.4) is 0 Å². The van der Waals surface area contributed by atoms with E-state index in [4.69, 9.17) is 0 Å². The molecule has 2 atom stereocenters. The van der Waals surface area contributed by atoms with Gasteiger partial charge in [0.1, 0.15) is 0 Å². The van der Waals surface area contributed by atoms with Gasteiger partial charge in [-0.3, -0.25) is 4.79 Å². The topological polar surface area (TPSA) is 20.3 Å². The minimum atomic E-state index is -4.22.